The molecule has 2 fully saturated rings. The van der Waals surface area contributed by atoms with Gasteiger partial charge in [0.25, 0.3) is 5.56 Å². The minimum Gasteiger partial charge on any atom is -0.487 e. The predicted octanol–water partition coefficient (Wildman–Crippen LogP) is 2.52. The molecule has 2 saturated heterocycles. The smallest absolute Gasteiger partial charge is 0.258 e. The standard InChI is InChI=1S/C22H22ClN5O2/c23-17-1-2-18(25-10-17)14-30-20-5-6-28(22(29)7-20)19-3-4-21(26-11-19)27-12-15-8-24-9-16(15)13-27/h1-7,10-11,15-16,24H,8-9,12-14H2. The lowest BCUT2D eigenvalue weighted by atomic mass is 10.0. The lowest BCUT2D eigenvalue weighted by molar-refractivity contribution is 0.300. The predicted molar refractivity (Wildman–Crippen MR) is 115 cm³/mol. The minimum atomic E-state index is -0.173. The molecular formula is C22H22ClN5O2. The summed E-state index contributed by atoms with van der Waals surface area (Å²) in [7, 11) is 0. The molecule has 154 valence electrons. The van der Waals surface area contributed by atoms with Crippen molar-refractivity contribution >= 4 is 17.4 Å². The summed E-state index contributed by atoms with van der Waals surface area (Å²) in [4.78, 5) is 23.7. The number of ether oxygens (including phenoxy) is 1. The highest BCUT2D eigenvalue weighted by Crippen LogP contribution is 2.29. The Labute approximate surface area is 179 Å². The fourth-order valence-corrected chi connectivity index (χ4v) is 4.28. The zero-order valence-electron chi connectivity index (χ0n) is 16.4. The SMILES string of the molecule is O=c1cc(OCc2ccc(Cl)cn2)ccn1-c1ccc(N2CC3CNCC3C2)nc1. The highest BCUT2D eigenvalue weighted by atomic mass is 35.5. The third kappa shape index (κ3) is 3.91. The molecule has 0 saturated carbocycles. The van der Waals surface area contributed by atoms with Crippen LogP contribution in [0.1, 0.15) is 5.69 Å². The summed E-state index contributed by atoms with van der Waals surface area (Å²) in [6, 6.07) is 10.7. The summed E-state index contributed by atoms with van der Waals surface area (Å²) >= 11 is 5.84. The van der Waals surface area contributed by atoms with Crippen LogP contribution < -0.4 is 20.5 Å². The van der Waals surface area contributed by atoms with E-state index >= 15 is 0 Å². The van der Waals surface area contributed by atoms with Crippen molar-refractivity contribution in [3.8, 4) is 11.4 Å². The van der Waals surface area contributed by atoms with Gasteiger partial charge in [-0.2, -0.15) is 0 Å². The number of pyridine rings is 3. The van der Waals surface area contributed by atoms with Crippen molar-refractivity contribution in [2.75, 3.05) is 31.1 Å². The first-order chi connectivity index (χ1) is 14.7. The molecule has 5 heterocycles. The van der Waals surface area contributed by atoms with E-state index in [0.29, 0.717) is 22.6 Å². The molecule has 7 nitrogen and oxygen atoms in total. The van der Waals surface area contributed by atoms with Crippen molar-refractivity contribution in [1.82, 2.24) is 19.9 Å². The maximum atomic E-state index is 12.6. The number of hydrogen-bond donors (Lipinski definition) is 1. The van der Waals surface area contributed by atoms with Crippen LogP contribution in [0.2, 0.25) is 5.02 Å². The van der Waals surface area contributed by atoms with Crippen molar-refractivity contribution in [1.29, 1.82) is 0 Å². The molecule has 3 aromatic heterocycles. The van der Waals surface area contributed by atoms with Crippen LogP contribution in [-0.2, 0) is 6.61 Å². The normalized spacial score (nSPS) is 20.4. The maximum absolute atomic E-state index is 12.6. The van der Waals surface area contributed by atoms with Gasteiger partial charge in [0.15, 0.2) is 0 Å². The molecule has 5 rings (SSSR count). The first kappa shape index (κ1) is 19.1. The minimum absolute atomic E-state index is 0.173. The number of halogens is 1. The second-order valence-corrected chi connectivity index (χ2v) is 8.22. The molecule has 1 N–H and O–H groups in total. The highest BCUT2D eigenvalue weighted by Gasteiger charge is 2.36. The van der Waals surface area contributed by atoms with Gasteiger partial charge in [0.1, 0.15) is 18.2 Å². The Kier molecular flexibility index (Phi) is 5.14. The molecule has 2 aliphatic heterocycles. The number of fused-ring (bicyclic) bond motifs is 1. The topological polar surface area (TPSA) is 72.3 Å². The van der Waals surface area contributed by atoms with Crippen LogP contribution in [0.5, 0.6) is 5.75 Å². The van der Waals surface area contributed by atoms with E-state index in [1.54, 1.807) is 41.4 Å². The molecule has 2 unspecified atom stereocenters. The first-order valence-electron chi connectivity index (χ1n) is 10.0. The Morgan fingerprint density at radius 1 is 1.07 bits per heavy atom. The number of aromatic nitrogens is 3. The Balaban J connectivity index is 1.26. The molecular weight excluding hydrogens is 402 g/mol. The van der Waals surface area contributed by atoms with Crippen LogP contribution in [-0.4, -0.2) is 40.7 Å². The van der Waals surface area contributed by atoms with Crippen molar-refractivity contribution in [2.45, 2.75) is 6.61 Å². The zero-order valence-corrected chi connectivity index (χ0v) is 17.1. The Bertz CT molecular complexity index is 1070. The molecule has 30 heavy (non-hydrogen) atoms. The summed E-state index contributed by atoms with van der Waals surface area (Å²) in [5.41, 5.74) is 1.30. The van der Waals surface area contributed by atoms with Crippen molar-refractivity contribution < 1.29 is 4.74 Å². The zero-order chi connectivity index (χ0) is 20.5. The third-order valence-electron chi connectivity index (χ3n) is 5.79. The molecule has 3 aromatic rings. The molecule has 0 aromatic carbocycles. The fraction of sp³-hybridized carbons (Fsp3) is 0.318. The Morgan fingerprint density at radius 3 is 2.57 bits per heavy atom. The van der Waals surface area contributed by atoms with Gasteiger partial charge in [-0.05, 0) is 42.2 Å². The fourth-order valence-electron chi connectivity index (χ4n) is 4.16. The lowest BCUT2D eigenvalue weighted by Crippen LogP contribution is -2.26. The number of nitrogens with one attached hydrogen (secondary N) is 1. The van der Waals surface area contributed by atoms with Crippen LogP contribution in [0.25, 0.3) is 5.69 Å². The molecule has 0 radical (unpaired) electrons. The number of rotatable bonds is 5. The lowest BCUT2D eigenvalue weighted by Gasteiger charge is -2.18. The van der Waals surface area contributed by atoms with Crippen molar-refractivity contribution in [3.63, 3.8) is 0 Å². The van der Waals surface area contributed by atoms with Crippen LogP contribution in [0, 0.1) is 11.8 Å². The average Bonchev–Trinajstić information content (AvgIpc) is 3.36. The van der Waals surface area contributed by atoms with Crippen LogP contribution in [0.15, 0.2) is 59.8 Å². The van der Waals surface area contributed by atoms with Gasteiger partial charge >= 0.3 is 0 Å². The summed E-state index contributed by atoms with van der Waals surface area (Å²) in [6.07, 6.45) is 5.02. The van der Waals surface area contributed by atoms with Gasteiger partial charge in [-0.25, -0.2) is 4.98 Å². The number of anilines is 1. The van der Waals surface area contributed by atoms with Gasteiger partial charge in [-0.3, -0.25) is 14.3 Å². The van der Waals surface area contributed by atoms with E-state index < -0.39 is 0 Å². The molecule has 8 heteroatoms. The third-order valence-corrected chi connectivity index (χ3v) is 6.01. The summed E-state index contributed by atoms with van der Waals surface area (Å²) in [5, 5.41) is 4.03. The first-order valence-corrected chi connectivity index (χ1v) is 10.4. The van der Waals surface area contributed by atoms with E-state index in [-0.39, 0.29) is 12.2 Å². The Morgan fingerprint density at radius 2 is 1.90 bits per heavy atom. The van der Waals surface area contributed by atoms with Gasteiger partial charge in [-0.15, -0.1) is 0 Å². The second kappa shape index (κ2) is 8.08. The van der Waals surface area contributed by atoms with Crippen molar-refractivity contribution in [3.05, 3.63) is 76.1 Å². The number of nitrogens with zero attached hydrogens (tertiary/aromatic N) is 4. The van der Waals surface area contributed by atoms with E-state index in [9.17, 15) is 4.79 Å². The van der Waals surface area contributed by atoms with Crippen LogP contribution in [0.3, 0.4) is 0 Å². The van der Waals surface area contributed by atoms with E-state index in [1.165, 1.54) is 6.07 Å². The van der Waals surface area contributed by atoms with Crippen molar-refractivity contribution in [2.24, 2.45) is 11.8 Å². The van der Waals surface area contributed by atoms with Gasteiger partial charge in [0.2, 0.25) is 0 Å². The average molecular weight is 424 g/mol. The van der Waals surface area contributed by atoms with Gasteiger partial charge < -0.3 is 15.0 Å². The molecule has 2 aliphatic rings. The summed E-state index contributed by atoms with van der Waals surface area (Å²) < 4.78 is 7.24. The molecule has 0 spiro atoms. The van der Waals surface area contributed by atoms with E-state index in [4.69, 9.17) is 16.3 Å². The maximum Gasteiger partial charge on any atom is 0.258 e. The van der Waals surface area contributed by atoms with E-state index in [0.717, 1.165) is 43.4 Å². The van der Waals surface area contributed by atoms with Gasteiger partial charge in [-0.1, -0.05) is 11.6 Å². The molecule has 0 bridgehead atoms. The van der Waals surface area contributed by atoms with Gasteiger partial charge in [0.05, 0.1) is 22.6 Å². The number of hydrogen-bond acceptors (Lipinski definition) is 6. The van der Waals surface area contributed by atoms with Gasteiger partial charge in [0, 0.05) is 44.6 Å². The quantitative estimate of drug-likeness (QED) is 0.679. The molecule has 0 amide bonds. The van der Waals surface area contributed by atoms with E-state index in [2.05, 4.69) is 20.2 Å². The summed E-state index contributed by atoms with van der Waals surface area (Å²) in [5.74, 6) is 2.89. The monoisotopic (exact) mass is 423 g/mol. The second-order valence-electron chi connectivity index (χ2n) is 7.79. The van der Waals surface area contributed by atoms with Crippen LogP contribution >= 0.6 is 11.6 Å². The highest BCUT2D eigenvalue weighted by molar-refractivity contribution is 6.30. The Hall–Kier alpha value is -2.90. The molecule has 2 atom stereocenters. The molecule has 0 aliphatic carbocycles. The largest absolute Gasteiger partial charge is 0.487 e. The van der Waals surface area contributed by atoms with Crippen LogP contribution in [0.4, 0.5) is 5.82 Å². The summed E-state index contributed by atoms with van der Waals surface area (Å²) in [6.45, 7) is 4.54. The van der Waals surface area contributed by atoms with E-state index in [1.807, 2.05) is 12.1 Å².